The van der Waals surface area contributed by atoms with Crippen LogP contribution in [0.2, 0.25) is 0 Å². The van der Waals surface area contributed by atoms with Crippen LogP contribution in [0, 0.1) is 0 Å². The predicted molar refractivity (Wildman–Crippen MR) is 98.3 cm³/mol. The second kappa shape index (κ2) is 7.31. The van der Waals surface area contributed by atoms with Gasteiger partial charge in [0.1, 0.15) is 0 Å². The van der Waals surface area contributed by atoms with Crippen LogP contribution in [-0.2, 0) is 0 Å². The lowest BCUT2D eigenvalue weighted by atomic mass is 9.92. The fourth-order valence-corrected chi connectivity index (χ4v) is 2.73. The van der Waals surface area contributed by atoms with Gasteiger partial charge in [0.15, 0.2) is 0 Å². The average molecular weight is 293 g/mol. The van der Waals surface area contributed by atoms with Gasteiger partial charge in [0.05, 0.1) is 0 Å². The van der Waals surface area contributed by atoms with Gasteiger partial charge in [-0.15, -0.1) is 0 Å². The number of hydrogen-bond acceptors (Lipinski definition) is 1. The van der Waals surface area contributed by atoms with E-state index in [2.05, 4.69) is 88.5 Å². The summed E-state index contributed by atoms with van der Waals surface area (Å²) < 4.78 is 0. The van der Waals surface area contributed by atoms with Crippen molar-refractivity contribution in [3.63, 3.8) is 0 Å². The van der Waals surface area contributed by atoms with Crippen molar-refractivity contribution in [1.29, 1.82) is 0 Å². The fourth-order valence-electron chi connectivity index (χ4n) is 2.73. The highest BCUT2D eigenvalue weighted by molar-refractivity contribution is 5.66. The summed E-state index contributed by atoms with van der Waals surface area (Å²) in [7, 11) is 0. The van der Waals surface area contributed by atoms with Crippen molar-refractivity contribution in [3.8, 4) is 0 Å². The molecule has 0 aliphatic carbocycles. The second-order valence-electron chi connectivity index (χ2n) is 6.48. The molecule has 1 heteroatoms. The molecule has 0 atom stereocenters. The Hall–Kier alpha value is -2.02. The van der Waals surface area contributed by atoms with E-state index in [-0.39, 0.29) is 0 Å². The Morgan fingerprint density at radius 1 is 0.818 bits per heavy atom. The largest absolute Gasteiger partial charge is 0.359 e. The Bertz CT molecular complexity index is 610. The summed E-state index contributed by atoms with van der Waals surface area (Å²) in [4.78, 5) is 0. The van der Waals surface area contributed by atoms with E-state index in [0.717, 1.165) is 0 Å². The quantitative estimate of drug-likeness (QED) is 0.672. The molecule has 2 rings (SSSR count). The number of nitrogens with one attached hydrogen (secondary N) is 1. The van der Waals surface area contributed by atoms with E-state index in [9.17, 15) is 0 Å². The number of hydrogen-bond donors (Lipinski definition) is 1. The molecule has 0 aliphatic heterocycles. The summed E-state index contributed by atoms with van der Waals surface area (Å²) >= 11 is 0. The predicted octanol–water partition coefficient (Wildman–Crippen LogP) is 6.41. The summed E-state index contributed by atoms with van der Waals surface area (Å²) in [5.41, 5.74) is 6.43. The van der Waals surface area contributed by atoms with E-state index >= 15 is 0 Å². The van der Waals surface area contributed by atoms with Crippen molar-refractivity contribution in [2.75, 3.05) is 5.32 Å². The highest BCUT2D eigenvalue weighted by Gasteiger charge is 2.13. The summed E-state index contributed by atoms with van der Waals surface area (Å²) in [6, 6.07) is 17.1. The van der Waals surface area contributed by atoms with Gasteiger partial charge in [-0.25, -0.2) is 0 Å². The third-order valence-electron chi connectivity index (χ3n) is 3.88. The minimum atomic E-state index is 0.505. The lowest BCUT2D eigenvalue weighted by Gasteiger charge is -2.21. The standard InChI is InChI=1S/C21H27N/c1-15(2)19-12-9-13-20(16(3)4)21(19)22-17(5)14-18-10-7-6-8-11-18/h6-16,22H,1-5H3/b17-14+. The van der Waals surface area contributed by atoms with E-state index in [4.69, 9.17) is 0 Å². The van der Waals surface area contributed by atoms with Crippen molar-refractivity contribution in [1.82, 2.24) is 0 Å². The number of anilines is 1. The first-order valence-corrected chi connectivity index (χ1v) is 8.12. The van der Waals surface area contributed by atoms with E-state index in [1.165, 1.54) is 28.1 Å². The molecule has 0 heterocycles. The van der Waals surface area contributed by atoms with Gasteiger partial charge in [0, 0.05) is 11.4 Å². The molecule has 1 N–H and O–H groups in total. The third-order valence-corrected chi connectivity index (χ3v) is 3.88. The van der Waals surface area contributed by atoms with Crippen LogP contribution in [0.1, 0.15) is 63.1 Å². The number of rotatable bonds is 5. The highest BCUT2D eigenvalue weighted by Crippen LogP contribution is 2.33. The van der Waals surface area contributed by atoms with Crippen LogP contribution < -0.4 is 5.32 Å². The molecular weight excluding hydrogens is 266 g/mol. The zero-order valence-corrected chi connectivity index (χ0v) is 14.4. The van der Waals surface area contributed by atoms with Gasteiger partial charge >= 0.3 is 0 Å². The van der Waals surface area contributed by atoms with E-state index in [1.54, 1.807) is 0 Å². The van der Waals surface area contributed by atoms with Gasteiger partial charge in [0.2, 0.25) is 0 Å². The van der Waals surface area contributed by atoms with E-state index < -0.39 is 0 Å². The van der Waals surface area contributed by atoms with Gasteiger partial charge < -0.3 is 5.32 Å². The molecule has 0 spiro atoms. The molecule has 1 nitrogen and oxygen atoms in total. The van der Waals surface area contributed by atoms with Gasteiger partial charge in [-0.1, -0.05) is 76.2 Å². The topological polar surface area (TPSA) is 12.0 Å². The summed E-state index contributed by atoms with van der Waals surface area (Å²) in [5.74, 6) is 1.01. The lowest BCUT2D eigenvalue weighted by molar-refractivity contribution is 0.837. The Kier molecular flexibility index (Phi) is 5.43. The summed E-state index contributed by atoms with van der Waals surface area (Å²) in [6.45, 7) is 11.1. The first-order chi connectivity index (χ1) is 10.5. The third kappa shape index (κ3) is 4.00. The summed E-state index contributed by atoms with van der Waals surface area (Å²) in [6.07, 6.45) is 2.20. The maximum atomic E-state index is 3.65. The van der Waals surface area contributed by atoms with Crippen LogP contribution in [0.3, 0.4) is 0 Å². The van der Waals surface area contributed by atoms with Crippen LogP contribution in [0.25, 0.3) is 6.08 Å². The normalized spacial score (nSPS) is 12.0. The number of allylic oxidation sites excluding steroid dienone is 1. The van der Waals surface area contributed by atoms with Crippen LogP contribution in [0.5, 0.6) is 0 Å². The molecule has 0 unspecified atom stereocenters. The van der Waals surface area contributed by atoms with Crippen molar-refractivity contribution in [2.45, 2.75) is 46.5 Å². The van der Waals surface area contributed by atoms with Crippen LogP contribution in [-0.4, -0.2) is 0 Å². The molecular formula is C21H27N. The minimum absolute atomic E-state index is 0.505. The average Bonchev–Trinajstić information content (AvgIpc) is 2.47. The monoisotopic (exact) mass is 293 g/mol. The van der Waals surface area contributed by atoms with Crippen molar-refractivity contribution < 1.29 is 0 Å². The fraction of sp³-hybridized carbons (Fsp3) is 0.333. The zero-order valence-electron chi connectivity index (χ0n) is 14.4. The molecule has 0 amide bonds. The van der Waals surface area contributed by atoms with E-state index in [0.29, 0.717) is 11.8 Å². The van der Waals surface area contributed by atoms with Crippen molar-refractivity contribution >= 4 is 11.8 Å². The van der Waals surface area contributed by atoms with Gasteiger partial charge in [0.25, 0.3) is 0 Å². The molecule has 0 saturated carbocycles. The number of para-hydroxylation sites is 1. The van der Waals surface area contributed by atoms with Gasteiger partial charge in [-0.3, -0.25) is 0 Å². The zero-order chi connectivity index (χ0) is 16.1. The molecule has 0 radical (unpaired) electrons. The molecule has 0 bridgehead atoms. The summed E-state index contributed by atoms with van der Waals surface area (Å²) in [5, 5.41) is 3.65. The molecule has 2 aromatic rings. The smallest absolute Gasteiger partial charge is 0.0452 e. The van der Waals surface area contributed by atoms with Crippen LogP contribution in [0.4, 0.5) is 5.69 Å². The van der Waals surface area contributed by atoms with Crippen molar-refractivity contribution in [2.24, 2.45) is 0 Å². The van der Waals surface area contributed by atoms with Crippen molar-refractivity contribution in [3.05, 3.63) is 70.9 Å². The van der Waals surface area contributed by atoms with Crippen LogP contribution >= 0.6 is 0 Å². The first-order valence-electron chi connectivity index (χ1n) is 8.12. The highest BCUT2D eigenvalue weighted by atomic mass is 14.9. The Balaban J connectivity index is 2.37. The maximum Gasteiger partial charge on any atom is 0.0452 e. The lowest BCUT2D eigenvalue weighted by Crippen LogP contribution is -2.06. The molecule has 2 aromatic carbocycles. The minimum Gasteiger partial charge on any atom is -0.359 e. The maximum absolute atomic E-state index is 3.65. The van der Waals surface area contributed by atoms with E-state index in [1.807, 2.05) is 6.07 Å². The molecule has 0 aliphatic rings. The Labute approximate surface area is 135 Å². The molecule has 0 fully saturated rings. The van der Waals surface area contributed by atoms with Gasteiger partial charge in [-0.05, 0) is 41.5 Å². The van der Waals surface area contributed by atoms with Gasteiger partial charge in [-0.2, -0.15) is 0 Å². The molecule has 22 heavy (non-hydrogen) atoms. The Morgan fingerprint density at radius 2 is 1.36 bits per heavy atom. The molecule has 0 aromatic heterocycles. The first kappa shape index (κ1) is 16.4. The molecule has 0 saturated heterocycles. The Morgan fingerprint density at radius 3 is 1.86 bits per heavy atom. The van der Waals surface area contributed by atoms with Crippen LogP contribution in [0.15, 0.2) is 54.2 Å². The number of benzene rings is 2. The SMILES string of the molecule is C/C(=C\c1ccccc1)Nc1c(C(C)C)cccc1C(C)C. The second-order valence-corrected chi connectivity index (χ2v) is 6.48. The molecule has 116 valence electrons.